The van der Waals surface area contributed by atoms with Crippen LogP contribution in [-0.4, -0.2) is 15.2 Å². The molecule has 3 aromatic rings. The van der Waals surface area contributed by atoms with E-state index in [0.29, 0.717) is 16.8 Å². The minimum Gasteiger partial charge on any atom is -0.420 e. The molecule has 0 fully saturated rings. The number of halogens is 3. The predicted molar refractivity (Wildman–Crippen MR) is 122 cm³/mol. The van der Waals surface area contributed by atoms with Gasteiger partial charge in [-0.3, -0.25) is 5.10 Å². The van der Waals surface area contributed by atoms with Crippen LogP contribution >= 0.6 is 0 Å². The van der Waals surface area contributed by atoms with Gasteiger partial charge in [0, 0.05) is 17.5 Å². The minimum atomic E-state index is -4.67. The third-order valence-corrected chi connectivity index (χ3v) is 6.03. The first kappa shape index (κ1) is 23.7. The standard InChI is InChI=1S/C25H21F3N6O/c1-13(2)24(19(12-29)22(31)35-23-20(24)14(3)33-34-23)17-9-15(10-18(11-17)25(26,27)28)6-7-16-5-4-8-32-21(16)30/h4-5,8-11,13H,31H2,1-3H3,(H2,30,32)(H,33,34). The first-order valence-corrected chi connectivity index (χ1v) is 10.6. The zero-order chi connectivity index (χ0) is 25.5. The Morgan fingerprint density at radius 2 is 1.91 bits per heavy atom. The number of ether oxygens (including phenoxy) is 1. The summed E-state index contributed by atoms with van der Waals surface area (Å²) < 4.78 is 47.6. The van der Waals surface area contributed by atoms with Gasteiger partial charge in [-0.05, 0) is 48.7 Å². The van der Waals surface area contributed by atoms with E-state index in [-0.39, 0.29) is 34.3 Å². The lowest BCUT2D eigenvalue weighted by Crippen LogP contribution is -2.41. The number of benzene rings is 1. The zero-order valence-corrected chi connectivity index (χ0v) is 19.1. The summed E-state index contributed by atoms with van der Waals surface area (Å²) in [5.41, 5.74) is 11.3. The number of nitrogens with one attached hydrogen (secondary N) is 1. The topological polar surface area (TPSA) is 127 Å². The van der Waals surface area contributed by atoms with Crippen LogP contribution < -0.4 is 16.2 Å². The van der Waals surface area contributed by atoms with Crippen molar-refractivity contribution in [1.82, 2.24) is 15.2 Å². The number of rotatable bonds is 2. The van der Waals surface area contributed by atoms with Gasteiger partial charge in [0.05, 0.1) is 22.1 Å². The number of H-pyrrole nitrogens is 1. The van der Waals surface area contributed by atoms with E-state index in [4.69, 9.17) is 16.2 Å². The third-order valence-electron chi connectivity index (χ3n) is 6.03. The second kappa shape index (κ2) is 8.41. The number of pyridine rings is 1. The lowest BCUT2D eigenvalue weighted by atomic mass is 9.61. The number of nitrogen functional groups attached to an aromatic ring is 1. The van der Waals surface area contributed by atoms with Gasteiger partial charge >= 0.3 is 6.18 Å². The summed E-state index contributed by atoms with van der Waals surface area (Å²) in [7, 11) is 0. The molecule has 1 atom stereocenters. The number of aromatic amines is 1. The Kier molecular flexibility index (Phi) is 5.69. The highest BCUT2D eigenvalue weighted by Crippen LogP contribution is 2.53. The second-order valence-corrected chi connectivity index (χ2v) is 8.43. The van der Waals surface area contributed by atoms with Crippen LogP contribution in [0.3, 0.4) is 0 Å². The van der Waals surface area contributed by atoms with E-state index >= 15 is 0 Å². The van der Waals surface area contributed by atoms with Gasteiger partial charge < -0.3 is 16.2 Å². The molecule has 4 rings (SSSR count). The van der Waals surface area contributed by atoms with E-state index in [9.17, 15) is 18.4 Å². The van der Waals surface area contributed by atoms with Crippen LogP contribution in [0.2, 0.25) is 0 Å². The molecule has 1 aliphatic heterocycles. The summed E-state index contributed by atoms with van der Waals surface area (Å²) >= 11 is 0. The van der Waals surface area contributed by atoms with E-state index in [1.807, 2.05) is 0 Å². The summed E-state index contributed by atoms with van der Waals surface area (Å²) in [6, 6.07) is 8.83. The molecule has 7 nitrogen and oxygen atoms in total. The molecule has 0 amide bonds. The van der Waals surface area contributed by atoms with Gasteiger partial charge in [0.15, 0.2) is 0 Å². The van der Waals surface area contributed by atoms with Crippen molar-refractivity contribution in [3.8, 4) is 23.8 Å². The predicted octanol–water partition coefficient (Wildman–Crippen LogP) is 4.14. The number of nitriles is 1. The summed E-state index contributed by atoms with van der Waals surface area (Å²) in [5, 5.41) is 17.0. The molecule has 178 valence electrons. The summed E-state index contributed by atoms with van der Waals surface area (Å²) in [6.07, 6.45) is -3.18. The number of aryl methyl sites for hydroxylation is 1. The summed E-state index contributed by atoms with van der Waals surface area (Å²) in [4.78, 5) is 3.95. The van der Waals surface area contributed by atoms with Crippen molar-refractivity contribution in [2.75, 3.05) is 5.73 Å². The van der Waals surface area contributed by atoms with Gasteiger partial charge in [-0.25, -0.2) is 4.98 Å². The molecule has 2 aromatic heterocycles. The molecule has 0 spiro atoms. The highest BCUT2D eigenvalue weighted by Gasteiger charge is 2.51. The normalized spacial score (nSPS) is 17.3. The number of hydrogen-bond donors (Lipinski definition) is 3. The quantitative estimate of drug-likeness (QED) is 0.475. The summed E-state index contributed by atoms with van der Waals surface area (Å²) in [5.74, 6) is 5.21. The number of fused-ring (bicyclic) bond motifs is 1. The van der Waals surface area contributed by atoms with Gasteiger partial charge in [-0.1, -0.05) is 25.7 Å². The fourth-order valence-corrected chi connectivity index (χ4v) is 4.52. The Labute approximate surface area is 199 Å². The molecule has 3 heterocycles. The maximum absolute atomic E-state index is 14.0. The Balaban J connectivity index is 2.06. The number of anilines is 1. The zero-order valence-electron chi connectivity index (χ0n) is 19.1. The Morgan fingerprint density at radius 1 is 1.17 bits per heavy atom. The van der Waals surface area contributed by atoms with Gasteiger partial charge in [0.25, 0.3) is 0 Å². The van der Waals surface area contributed by atoms with Crippen molar-refractivity contribution in [3.63, 3.8) is 0 Å². The smallest absolute Gasteiger partial charge is 0.416 e. The van der Waals surface area contributed by atoms with Crippen molar-refractivity contribution in [2.45, 2.75) is 32.4 Å². The van der Waals surface area contributed by atoms with Crippen molar-refractivity contribution in [3.05, 3.63) is 81.5 Å². The molecule has 0 radical (unpaired) electrons. The molecule has 0 aliphatic carbocycles. The summed E-state index contributed by atoms with van der Waals surface area (Å²) in [6.45, 7) is 5.31. The average Bonchev–Trinajstić information content (AvgIpc) is 3.16. The largest absolute Gasteiger partial charge is 0.420 e. The molecule has 35 heavy (non-hydrogen) atoms. The Bertz CT molecular complexity index is 1450. The van der Waals surface area contributed by atoms with Crippen LogP contribution in [0.25, 0.3) is 0 Å². The third kappa shape index (κ3) is 3.83. The van der Waals surface area contributed by atoms with Crippen molar-refractivity contribution >= 4 is 5.82 Å². The molecule has 0 saturated heterocycles. The van der Waals surface area contributed by atoms with Gasteiger partial charge in [0.2, 0.25) is 11.8 Å². The molecule has 0 saturated carbocycles. The Morgan fingerprint density at radius 3 is 2.54 bits per heavy atom. The first-order chi connectivity index (χ1) is 16.5. The number of alkyl halides is 3. The number of nitrogens with two attached hydrogens (primary N) is 2. The van der Waals surface area contributed by atoms with E-state index in [1.165, 1.54) is 12.3 Å². The fourth-order valence-electron chi connectivity index (χ4n) is 4.52. The van der Waals surface area contributed by atoms with Crippen LogP contribution in [0.5, 0.6) is 5.88 Å². The maximum atomic E-state index is 14.0. The number of nitrogens with zero attached hydrogens (tertiary/aromatic N) is 3. The van der Waals surface area contributed by atoms with Crippen LogP contribution in [0, 0.1) is 36.0 Å². The van der Waals surface area contributed by atoms with E-state index < -0.39 is 23.1 Å². The Hall–Kier alpha value is -4.44. The highest BCUT2D eigenvalue weighted by atomic mass is 19.4. The fraction of sp³-hybridized carbons (Fsp3) is 0.240. The lowest BCUT2D eigenvalue weighted by molar-refractivity contribution is -0.137. The monoisotopic (exact) mass is 478 g/mol. The molecule has 1 aliphatic rings. The second-order valence-electron chi connectivity index (χ2n) is 8.43. The molecule has 10 heteroatoms. The van der Waals surface area contributed by atoms with Gasteiger partial charge in [0.1, 0.15) is 17.5 Å². The molecular weight excluding hydrogens is 457 g/mol. The molecular formula is C25H21F3N6O. The number of hydrogen-bond acceptors (Lipinski definition) is 6. The van der Waals surface area contributed by atoms with E-state index in [0.717, 1.165) is 12.1 Å². The van der Waals surface area contributed by atoms with Crippen LogP contribution in [0.4, 0.5) is 19.0 Å². The average molecular weight is 478 g/mol. The van der Waals surface area contributed by atoms with Crippen LogP contribution in [0.1, 0.15) is 47.4 Å². The highest BCUT2D eigenvalue weighted by molar-refractivity contribution is 5.63. The lowest BCUT2D eigenvalue weighted by Gasteiger charge is -2.41. The minimum absolute atomic E-state index is 0.000706. The SMILES string of the molecule is Cc1[nH]nc2c1C(c1cc(C#Cc3cccnc3N)cc(C(F)(F)F)c1)(C(C)C)C(C#N)=C(N)O2. The van der Waals surface area contributed by atoms with Crippen LogP contribution in [0.15, 0.2) is 48.0 Å². The number of allylic oxidation sites excluding steroid dienone is 1. The molecule has 1 unspecified atom stereocenters. The molecule has 5 N–H and O–H groups in total. The van der Waals surface area contributed by atoms with Crippen molar-refractivity contribution in [2.24, 2.45) is 11.7 Å². The van der Waals surface area contributed by atoms with E-state index in [2.05, 4.69) is 33.1 Å². The van der Waals surface area contributed by atoms with Crippen molar-refractivity contribution in [1.29, 1.82) is 5.26 Å². The first-order valence-electron chi connectivity index (χ1n) is 10.6. The van der Waals surface area contributed by atoms with Crippen molar-refractivity contribution < 1.29 is 17.9 Å². The molecule has 0 bridgehead atoms. The molecule has 1 aromatic carbocycles. The van der Waals surface area contributed by atoms with Gasteiger partial charge in [-0.15, -0.1) is 5.10 Å². The number of aromatic nitrogens is 3. The van der Waals surface area contributed by atoms with Crippen LogP contribution in [-0.2, 0) is 11.6 Å². The van der Waals surface area contributed by atoms with E-state index in [1.54, 1.807) is 32.9 Å². The van der Waals surface area contributed by atoms with Gasteiger partial charge in [-0.2, -0.15) is 18.4 Å². The maximum Gasteiger partial charge on any atom is 0.416 e.